The molecule has 2 amide bonds. The lowest BCUT2D eigenvalue weighted by atomic mass is 10.1. The van der Waals surface area contributed by atoms with Gasteiger partial charge in [-0.05, 0) is 37.6 Å². The molecule has 0 N–H and O–H groups in total. The second-order valence-electron chi connectivity index (χ2n) is 9.08. The Morgan fingerprint density at radius 2 is 1.76 bits per heavy atom. The molecule has 0 bridgehead atoms. The van der Waals surface area contributed by atoms with Crippen LogP contribution in [-0.4, -0.2) is 74.4 Å². The van der Waals surface area contributed by atoms with Gasteiger partial charge in [0.25, 0.3) is 0 Å². The van der Waals surface area contributed by atoms with E-state index in [0.717, 1.165) is 35.7 Å². The molecule has 0 radical (unpaired) electrons. The number of morpholine rings is 1. The van der Waals surface area contributed by atoms with Crippen LogP contribution in [0.1, 0.15) is 25.1 Å². The van der Waals surface area contributed by atoms with Crippen LogP contribution in [0, 0.1) is 0 Å². The summed E-state index contributed by atoms with van der Waals surface area (Å²) in [6.45, 7) is 7.89. The number of aliphatic imine (C=N–C) groups is 1. The van der Waals surface area contributed by atoms with Gasteiger partial charge in [-0.3, -0.25) is 14.8 Å². The van der Waals surface area contributed by atoms with E-state index in [1.807, 2.05) is 44.3 Å². The molecule has 0 aliphatic carbocycles. The van der Waals surface area contributed by atoms with E-state index in [1.54, 1.807) is 24.0 Å². The Morgan fingerprint density at radius 3 is 2.42 bits per heavy atom. The van der Waals surface area contributed by atoms with E-state index in [0.29, 0.717) is 43.6 Å². The number of benzene rings is 1. The van der Waals surface area contributed by atoms with E-state index in [-0.39, 0.29) is 11.6 Å². The first-order valence-corrected chi connectivity index (χ1v) is 11.1. The number of rotatable bonds is 5. The highest BCUT2D eigenvalue weighted by Crippen LogP contribution is 2.37. The fourth-order valence-corrected chi connectivity index (χ4v) is 4.54. The molecule has 3 aliphatic rings. The summed E-state index contributed by atoms with van der Waals surface area (Å²) >= 11 is 0. The summed E-state index contributed by atoms with van der Waals surface area (Å²) in [4.78, 5) is 29.1. The molecule has 5 rings (SSSR count). The molecule has 2 aromatic rings. The monoisotopic (exact) mass is 451 g/mol. The number of amidine groups is 1. The molecule has 174 valence electrons. The number of carbonyl (C=O) groups is 1. The van der Waals surface area contributed by atoms with Crippen molar-refractivity contribution < 1.29 is 19.0 Å². The Kier molecular flexibility index (Phi) is 5.36. The van der Waals surface area contributed by atoms with E-state index >= 15 is 0 Å². The molecule has 1 saturated heterocycles. The number of anilines is 2. The average molecular weight is 452 g/mol. The first kappa shape index (κ1) is 21.5. The maximum Gasteiger partial charge on any atom is 0.330 e. The lowest BCUT2D eigenvalue weighted by Crippen LogP contribution is -2.51. The molecule has 3 aliphatic heterocycles. The third-order valence-electron chi connectivity index (χ3n) is 6.15. The van der Waals surface area contributed by atoms with Crippen molar-refractivity contribution in [2.75, 3.05) is 56.9 Å². The van der Waals surface area contributed by atoms with E-state index < -0.39 is 0 Å². The predicted molar refractivity (Wildman–Crippen MR) is 126 cm³/mol. The number of amides is 2. The van der Waals surface area contributed by atoms with Crippen molar-refractivity contribution in [2.24, 2.45) is 4.99 Å². The van der Waals surface area contributed by atoms with Gasteiger partial charge in [-0.25, -0.2) is 9.78 Å². The highest BCUT2D eigenvalue weighted by molar-refractivity contribution is 6.19. The van der Waals surface area contributed by atoms with Crippen molar-refractivity contribution in [1.29, 1.82) is 0 Å². The largest absolute Gasteiger partial charge is 0.497 e. The fourth-order valence-electron chi connectivity index (χ4n) is 4.54. The van der Waals surface area contributed by atoms with Crippen LogP contribution in [0.15, 0.2) is 35.5 Å². The van der Waals surface area contributed by atoms with Gasteiger partial charge < -0.3 is 19.1 Å². The maximum absolute atomic E-state index is 13.7. The van der Waals surface area contributed by atoms with Gasteiger partial charge in [-0.1, -0.05) is 0 Å². The number of urea groups is 1. The molecule has 9 heteroatoms. The van der Waals surface area contributed by atoms with E-state index in [1.165, 1.54) is 0 Å². The molecule has 33 heavy (non-hydrogen) atoms. The second kappa shape index (κ2) is 8.22. The number of carbonyl (C=O) groups excluding carboxylic acids is 1. The number of nitrogens with zero attached hydrogens (tertiary/aromatic N) is 5. The molecule has 1 fully saturated rings. The molecule has 0 atom stereocenters. The van der Waals surface area contributed by atoms with Crippen LogP contribution in [0.2, 0.25) is 0 Å². The second-order valence-corrected chi connectivity index (χ2v) is 9.08. The number of fused-ring (bicyclic) bond motifs is 3. The van der Waals surface area contributed by atoms with Crippen molar-refractivity contribution in [2.45, 2.75) is 25.9 Å². The van der Waals surface area contributed by atoms with Gasteiger partial charge in [-0.15, -0.1) is 0 Å². The highest BCUT2D eigenvalue weighted by Gasteiger charge is 2.44. The number of pyridine rings is 1. The molecule has 0 unspecified atom stereocenters. The number of ether oxygens (including phenoxy) is 3. The lowest BCUT2D eigenvalue weighted by molar-refractivity contribution is 0.122. The zero-order valence-corrected chi connectivity index (χ0v) is 19.5. The molecule has 0 spiro atoms. The van der Waals surface area contributed by atoms with Crippen molar-refractivity contribution >= 4 is 23.2 Å². The first-order chi connectivity index (χ1) is 15.9. The van der Waals surface area contributed by atoms with Crippen molar-refractivity contribution in [3.05, 3.63) is 41.7 Å². The van der Waals surface area contributed by atoms with Crippen molar-refractivity contribution in [3.8, 4) is 11.5 Å². The minimum atomic E-state index is -0.359. The highest BCUT2D eigenvalue weighted by atomic mass is 16.5. The summed E-state index contributed by atoms with van der Waals surface area (Å²) in [5.41, 5.74) is 3.01. The van der Waals surface area contributed by atoms with Crippen LogP contribution >= 0.6 is 0 Å². The van der Waals surface area contributed by atoms with Crippen LogP contribution < -0.4 is 19.3 Å². The molecule has 1 aromatic heterocycles. The van der Waals surface area contributed by atoms with E-state index in [4.69, 9.17) is 24.2 Å². The van der Waals surface area contributed by atoms with Crippen LogP contribution in [0.4, 0.5) is 16.2 Å². The molecule has 0 saturated carbocycles. The van der Waals surface area contributed by atoms with Crippen LogP contribution in [-0.2, 0) is 11.3 Å². The van der Waals surface area contributed by atoms with Gasteiger partial charge in [-0.2, -0.15) is 0 Å². The summed E-state index contributed by atoms with van der Waals surface area (Å²) in [5, 5.41) is 0. The zero-order chi connectivity index (χ0) is 23.2. The average Bonchev–Trinajstić information content (AvgIpc) is 3.17. The number of hydrogen-bond acceptors (Lipinski definition) is 7. The van der Waals surface area contributed by atoms with Gasteiger partial charge >= 0.3 is 6.03 Å². The number of aromatic nitrogens is 1. The lowest BCUT2D eigenvalue weighted by Gasteiger charge is -2.36. The van der Waals surface area contributed by atoms with E-state index in [9.17, 15) is 4.79 Å². The zero-order valence-electron chi connectivity index (χ0n) is 19.5. The van der Waals surface area contributed by atoms with Gasteiger partial charge in [0.2, 0.25) is 0 Å². The quantitative estimate of drug-likeness (QED) is 0.696. The summed E-state index contributed by atoms with van der Waals surface area (Å²) in [6.07, 6.45) is 1.87. The topological polar surface area (TPSA) is 79.7 Å². The standard InChI is InChI=1S/C24H29N5O4/c1-24(2)15-29-22(26-24)21-20(11-17(13-25-21)27-5-7-33-8-6-27)28(23(29)30)14-16-9-18(31-3)12-19(10-16)32-4/h9-13H,5-8,14-15H2,1-4H3. The van der Waals surface area contributed by atoms with Gasteiger partial charge in [0.1, 0.15) is 17.2 Å². The van der Waals surface area contributed by atoms with Gasteiger partial charge in [0, 0.05) is 19.2 Å². The van der Waals surface area contributed by atoms with E-state index in [2.05, 4.69) is 4.90 Å². The van der Waals surface area contributed by atoms with Crippen LogP contribution in [0.5, 0.6) is 11.5 Å². The molecular weight excluding hydrogens is 422 g/mol. The Balaban J connectivity index is 1.58. The number of methoxy groups -OCH3 is 2. The van der Waals surface area contributed by atoms with Crippen molar-refractivity contribution in [1.82, 2.24) is 9.88 Å². The molecular formula is C24H29N5O4. The third kappa shape index (κ3) is 3.97. The number of hydrogen-bond donors (Lipinski definition) is 0. The minimum Gasteiger partial charge on any atom is -0.497 e. The first-order valence-electron chi connectivity index (χ1n) is 11.1. The fraction of sp³-hybridized carbons (Fsp3) is 0.458. The Hall–Kier alpha value is -3.33. The minimum absolute atomic E-state index is 0.102. The maximum atomic E-state index is 13.7. The van der Waals surface area contributed by atoms with Crippen LogP contribution in [0.3, 0.4) is 0 Å². The van der Waals surface area contributed by atoms with Crippen molar-refractivity contribution in [3.63, 3.8) is 0 Å². The molecule has 4 heterocycles. The third-order valence-corrected chi connectivity index (χ3v) is 6.15. The summed E-state index contributed by atoms with van der Waals surface area (Å²) in [5.74, 6) is 2.01. The Labute approximate surface area is 193 Å². The van der Waals surface area contributed by atoms with Gasteiger partial charge in [0.15, 0.2) is 5.84 Å². The Morgan fingerprint density at radius 1 is 1.06 bits per heavy atom. The smallest absolute Gasteiger partial charge is 0.330 e. The summed E-state index contributed by atoms with van der Waals surface area (Å²) in [7, 11) is 3.24. The van der Waals surface area contributed by atoms with Gasteiger partial charge in [0.05, 0.1) is 63.6 Å². The Bertz CT molecular complexity index is 1090. The van der Waals surface area contributed by atoms with Crippen LogP contribution in [0.25, 0.3) is 0 Å². The normalized spacial score (nSPS) is 19.2. The molecule has 1 aromatic carbocycles. The SMILES string of the molecule is COc1cc(CN2C(=O)N3CC(C)(C)N=C3c3ncc(N4CCOCC4)cc32)cc(OC)c1. The summed E-state index contributed by atoms with van der Waals surface area (Å²) < 4.78 is 16.4. The summed E-state index contributed by atoms with van der Waals surface area (Å²) in [6, 6.07) is 7.61. The molecule has 9 nitrogen and oxygen atoms in total. The predicted octanol–water partition coefficient (Wildman–Crippen LogP) is 2.92.